The quantitative estimate of drug-likeness (QED) is 0.135. The molecular formula is C34H30ClN5O4S2. The lowest BCUT2D eigenvalue weighted by Gasteiger charge is -2.17. The molecule has 46 heavy (non-hydrogen) atoms. The van der Waals surface area contributed by atoms with Crippen LogP contribution >= 0.6 is 35.6 Å². The van der Waals surface area contributed by atoms with Crippen molar-refractivity contribution in [2.24, 2.45) is 7.05 Å². The third-order valence-electron chi connectivity index (χ3n) is 7.51. The predicted molar refractivity (Wildman–Crippen MR) is 187 cm³/mol. The Kier molecular flexibility index (Phi) is 9.16. The largest absolute Gasteiger partial charge is 0.486 e. The van der Waals surface area contributed by atoms with E-state index in [0.717, 1.165) is 56.7 Å². The maximum absolute atomic E-state index is 11.9. The van der Waals surface area contributed by atoms with Crippen LogP contribution in [0.25, 0.3) is 11.0 Å². The second-order valence-electron chi connectivity index (χ2n) is 10.9. The summed E-state index contributed by atoms with van der Waals surface area (Å²) in [6.45, 7) is 4.29. The Morgan fingerprint density at radius 1 is 0.957 bits per heavy atom. The molecule has 0 spiro atoms. The van der Waals surface area contributed by atoms with Crippen LogP contribution in [-0.2, 0) is 24.9 Å². The molecule has 1 saturated heterocycles. The van der Waals surface area contributed by atoms with Gasteiger partial charge in [-0.2, -0.15) is 0 Å². The summed E-state index contributed by atoms with van der Waals surface area (Å²) in [5.41, 5.74) is 6.44. The number of imide groups is 1. The van der Waals surface area contributed by atoms with Gasteiger partial charge in [0.15, 0.2) is 5.11 Å². The molecule has 6 rings (SSSR count). The number of nitrogens with zero attached hydrogens (tertiary/aromatic N) is 2. The molecule has 5 aromatic rings. The zero-order valence-corrected chi connectivity index (χ0v) is 27.6. The Morgan fingerprint density at radius 2 is 1.65 bits per heavy atom. The first-order chi connectivity index (χ1) is 22.1. The van der Waals surface area contributed by atoms with Gasteiger partial charge in [0.1, 0.15) is 29.7 Å². The molecule has 0 saturated carbocycles. The fourth-order valence-corrected chi connectivity index (χ4v) is 6.35. The van der Waals surface area contributed by atoms with Crippen molar-refractivity contribution in [1.82, 2.24) is 14.9 Å². The highest BCUT2D eigenvalue weighted by Crippen LogP contribution is 2.32. The first-order valence-electron chi connectivity index (χ1n) is 14.4. The highest BCUT2D eigenvalue weighted by molar-refractivity contribution is 8.15. The molecule has 0 aliphatic carbocycles. The molecular weight excluding hydrogens is 642 g/mol. The van der Waals surface area contributed by atoms with Gasteiger partial charge in [-0.1, -0.05) is 35.5 Å². The third-order valence-corrected chi connectivity index (χ3v) is 8.94. The number of imidazole rings is 1. The van der Waals surface area contributed by atoms with Crippen LogP contribution in [0.2, 0.25) is 5.02 Å². The fraction of sp³-hybridized carbons (Fsp3) is 0.176. The molecule has 2 amide bonds. The molecule has 0 radical (unpaired) electrons. The number of rotatable bonds is 9. The normalized spacial score (nSPS) is 14.3. The van der Waals surface area contributed by atoms with Crippen LogP contribution in [0.5, 0.6) is 17.2 Å². The number of ether oxygens (including phenoxy) is 2. The summed E-state index contributed by atoms with van der Waals surface area (Å²) in [6.07, 6.45) is 0.481. The Balaban J connectivity index is 1.08. The van der Waals surface area contributed by atoms with Crippen molar-refractivity contribution in [3.8, 4) is 17.2 Å². The average Bonchev–Trinajstić information content (AvgIpc) is 3.51. The van der Waals surface area contributed by atoms with E-state index in [0.29, 0.717) is 33.8 Å². The minimum atomic E-state index is -0.398. The molecule has 2 heterocycles. The first kappa shape index (κ1) is 31.4. The summed E-state index contributed by atoms with van der Waals surface area (Å²) < 4.78 is 14.3. The molecule has 1 aliphatic rings. The number of halogens is 1. The molecule has 9 nitrogen and oxygen atoms in total. The number of thioether (sulfide) groups is 1. The van der Waals surface area contributed by atoms with Crippen LogP contribution in [0.3, 0.4) is 0 Å². The van der Waals surface area contributed by atoms with E-state index in [9.17, 15) is 9.59 Å². The van der Waals surface area contributed by atoms with E-state index in [1.54, 1.807) is 12.1 Å². The molecule has 1 atom stereocenters. The smallest absolute Gasteiger partial charge is 0.286 e. The van der Waals surface area contributed by atoms with E-state index in [1.807, 2.05) is 92.2 Å². The van der Waals surface area contributed by atoms with Crippen molar-refractivity contribution >= 4 is 74.2 Å². The van der Waals surface area contributed by atoms with Gasteiger partial charge in [0.05, 0.1) is 16.3 Å². The van der Waals surface area contributed by atoms with Gasteiger partial charge in [0, 0.05) is 29.5 Å². The summed E-state index contributed by atoms with van der Waals surface area (Å²) >= 11 is 12.5. The monoisotopic (exact) mass is 671 g/mol. The average molecular weight is 672 g/mol. The van der Waals surface area contributed by atoms with E-state index < -0.39 is 5.25 Å². The number of carbonyl (C=O) groups is 2. The second-order valence-corrected chi connectivity index (χ2v) is 12.9. The van der Waals surface area contributed by atoms with Gasteiger partial charge in [-0.15, -0.1) is 0 Å². The van der Waals surface area contributed by atoms with E-state index in [-0.39, 0.29) is 17.8 Å². The predicted octanol–water partition coefficient (Wildman–Crippen LogP) is 7.92. The van der Waals surface area contributed by atoms with Crippen LogP contribution in [0.15, 0.2) is 78.9 Å². The molecule has 234 valence electrons. The Hall–Kier alpha value is -4.58. The van der Waals surface area contributed by atoms with Crippen molar-refractivity contribution in [3.05, 3.63) is 106 Å². The minimum Gasteiger partial charge on any atom is -0.486 e. The number of benzene rings is 4. The number of anilines is 2. The van der Waals surface area contributed by atoms with Crippen molar-refractivity contribution in [2.45, 2.75) is 32.1 Å². The standard InChI is InChI=1S/C34H30ClN5O4S2/c1-19-14-26(15-20(2)31(19)38-33(45)36-23-8-6-22(35)7-9-23)44-25-12-13-27-28(17-25)40(3)30(37-27)18-43-24-10-4-21(5-11-24)16-29-32(41)39-34(42)46-29/h4-15,17,29H,16,18H2,1-3H3,(H2,36,38,45)(H,39,41,42). The molecule has 1 aliphatic heterocycles. The first-order valence-corrected chi connectivity index (χ1v) is 16.1. The topological polar surface area (TPSA) is 107 Å². The molecule has 0 bridgehead atoms. The highest BCUT2D eigenvalue weighted by atomic mass is 35.5. The molecule has 1 fully saturated rings. The highest BCUT2D eigenvalue weighted by Gasteiger charge is 2.31. The molecule has 4 aromatic carbocycles. The summed E-state index contributed by atoms with van der Waals surface area (Å²) in [7, 11) is 1.95. The third kappa shape index (κ3) is 7.28. The summed E-state index contributed by atoms with van der Waals surface area (Å²) in [4.78, 5) is 28.0. The van der Waals surface area contributed by atoms with Gasteiger partial charge in [-0.3, -0.25) is 14.9 Å². The number of nitrogens with one attached hydrogen (secondary N) is 3. The van der Waals surface area contributed by atoms with Gasteiger partial charge in [-0.05, 0) is 110 Å². The summed E-state index contributed by atoms with van der Waals surface area (Å²) in [5.74, 6) is 2.60. The maximum atomic E-state index is 11.9. The van der Waals surface area contributed by atoms with Gasteiger partial charge in [-0.25, -0.2) is 4.98 Å². The zero-order chi connectivity index (χ0) is 32.4. The van der Waals surface area contributed by atoms with Crippen LogP contribution < -0.4 is 25.4 Å². The number of aromatic nitrogens is 2. The van der Waals surface area contributed by atoms with E-state index in [2.05, 4.69) is 16.0 Å². The fourth-order valence-electron chi connectivity index (χ4n) is 5.15. The Morgan fingerprint density at radius 3 is 2.33 bits per heavy atom. The number of hydrogen-bond donors (Lipinski definition) is 3. The number of carbonyl (C=O) groups excluding carboxylic acids is 2. The summed E-state index contributed by atoms with van der Waals surface area (Å²) in [6, 6.07) is 24.6. The van der Waals surface area contributed by atoms with E-state index in [1.165, 1.54) is 0 Å². The summed E-state index contributed by atoms with van der Waals surface area (Å²) in [5, 5.41) is 9.24. The van der Waals surface area contributed by atoms with Crippen LogP contribution in [0.1, 0.15) is 22.5 Å². The van der Waals surface area contributed by atoms with E-state index >= 15 is 0 Å². The maximum Gasteiger partial charge on any atom is 0.286 e. The van der Waals surface area contributed by atoms with Crippen molar-refractivity contribution in [2.75, 3.05) is 10.6 Å². The number of hydrogen-bond acceptors (Lipinski definition) is 7. The van der Waals surface area contributed by atoms with Crippen molar-refractivity contribution in [1.29, 1.82) is 0 Å². The second kappa shape index (κ2) is 13.4. The SMILES string of the molecule is Cc1cc(Oc2ccc3nc(COc4ccc(CC5SC(=O)NC5=O)cc4)n(C)c3c2)cc(C)c1NC(=S)Nc1ccc(Cl)cc1. The Labute approximate surface area is 280 Å². The van der Waals surface area contributed by atoms with Crippen LogP contribution in [0, 0.1) is 13.8 Å². The van der Waals surface area contributed by atoms with Gasteiger partial charge in [0.25, 0.3) is 5.24 Å². The van der Waals surface area contributed by atoms with Crippen LogP contribution in [0.4, 0.5) is 16.2 Å². The number of thiocarbonyl (C=S) groups is 1. The lowest BCUT2D eigenvalue weighted by molar-refractivity contribution is -0.118. The van der Waals surface area contributed by atoms with Gasteiger partial charge in [0.2, 0.25) is 5.91 Å². The minimum absolute atomic E-state index is 0.244. The van der Waals surface area contributed by atoms with E-state index in [4.69, 9.17) is 38.3 Å². The lowest BCUT2D eigenvalue weighted by atomic mass is 10.1. The lowest BCUT2D eigenvalue weighted by Crippen LogP contribution is -2.25. The van der Waals surface area contributed by atoms with Crippen molar-refractivity contribution in [3.63, 3.8) is 0 Å². The van der Waals surface area contributed by atoms with Crippen molar-refractivity contribution < 1.29 is 19.1 Å². The van der Waals surface area contributed by atoms with Gasteiger partial charge >= 0.3 is 0 Å². The number of amides is 2. The van der Waals surface area contributed by atoms with Gasteiger partial charge < -0.3 is 24.7 Å². The number of aryl methyl sites for hydroxylation is 3. The molecule has 3 N–H and O–H groups in total. The molecule has 12 heteroatoms. The zero-order valence-electron chi connectivity index (χ0n) is 25.2. The molecule has 1 aromatic heterocycles. The Bertz CT molecular complexity index is 1940. The molecule has 1 unspecified atom stereocenters. The van der Waals surface area contributed by atoms with Crippen LogP contribution in [-0.4, -0.2) is 31.1 Å². The number of fused-ring (bicyclic) bond motifs is 1.